The zero-order chi connectivity index (χ0) is 15.4. The zero-order valence-electron chi connectivity index (χ0n) is 12.6. The number of aromatic nitrogens is 2. The van der Waals surface area contributed by atoms with Crippen LogP contribution in [-0.4, -0.2) is 21.9 Å². The van der Waals surface area contributed by atoms with Crippen LogP contribution < -0.4 is 5.32 Å². The SMILES string of the molecule is Cc1ccc(NC(=O)CSc2nnc(C(C)C)o2)c(C)c1. The molecule has 0 saturated carbocycles. The number of amides is 1. The van der Waals surface area contributed by atoms with Gasteiger partial charge in [0.1, 0.15) is 0 Å². The van der Waals surface area contributed by atoms with Crippen molar-refractivity contribution >= 4 is 23.4 Å². The maximum Gasteiger partial charge on any atom is 0.277 e. The fourth-order valence-electron chi connectivity index (χ4n) is 1.78. The van der Waals surface area contributed by atoms with Crippen molar-refractivity contribution in [1.82, 2.24) is 10.2 Å². The summed E-state index contributed by atoms with van der Waals surface area (Å²) in [6.07, 6.45) is 0. The van der Waals surface area contributed by atoms with Gasteiger partial charge in [-0.2, -0.15) is 0 Å². The molecule has 0 unspecified atom stereocenters. The molecule has 0 aliphatic rings. The Morgan fingerprint density at radius 1 is 1.33 bits per heavy atom. The van der Waals surface area contributed by atoms with Gasteiger partial charge in [0.25, 0.3) is 5.22 Å². The van der Waals surface area contributed by atoms with Crippen LogP contribution in [0, 0.1) is 13.8 Å². The fourth-order valence-corrected chi connectivity index (χ4v) is 2.35. The number of hydrogen-bond donors (Lipinski definition) is 1. The monoisotopic (exact) mass is 305 g/mol. The molecule has 5 nitrogen and oxygen atoms in total. The molecule has 2 rings (SSSR count). The van der Waals surface area contributed by atoms with Crippen LogP contribution in [0.5, 0.6) is 0 Å². The normalized spacial score (nSPS) is 10.9. The highest BCUT2D eigenvalue weighted by Crippen LogP contribution is 2.21. The maximum absolute atomic E-state index is 11.9. The van der Waals surface area contributed by atoms with Gasteiger partial charge in [-0.25, -0.2) is 0 Å². The van der Waals surface area contributed by atoms with Gasteiger partial charge in [-0.05, 0) is 25.5 Å². The molecule has 0 saturated heterocycles. The van der Waals surface area contributed by atoms with Crippen LogP contribution in [-0.2, 0) is 4.79 Å². The highest BCUT2D eigenvalue weighted by Gasteiger charge is 2.12. The van der Waals surface area contributed by atoms with Crippen LogP contribution in [0.25, 0.3) is 0 Å². The summed E-state index contributed by atoms with van der Waals surface area (Å²) < 4.78 is 5.45. The van der Waals surface area contributed by atoms with Gasteiger partial charge < -0.3 is 9.73 Å². The van der Waals surface area contributed by atoms with Crippen molar-refractivity contribution < 1.29 is 9.21 Å². The number of thioether (sulfide) groups is 1. The number of nitrogens with one attached hydrogen (secondary N) is 1. The molecule has 1 N–H and O–H groups in total. The zero-order valence-corrected chi connectivity index (χ0v) is 13.5. The summed E-state index contributed by atoms with van der Waals surface area (Å²) in [6.45, 7) is 7.96. The smallest absolute Gasteiger partial charge is 0.277 e. The molecule has 6 heteroatoms. The Balaban J connectivity index is 1.89. The van der Waals surface area contributed by atoms with Gasteiger partial charge in [0.2, 0.25) is 11.8 Å². The predicted octanol–water partition coefficient (Wildman–Crippen LogP) is 3.54. The van der Waals surface area contributed by atoms with Crippen molar-refractivity contribution in [3.8, 4) is 0 Å². The average Bonchev–Trinajstić information content (AvgIpc) is 2.89. The van der Waals surface area contributed by atoms with Gasteiger partial charge in [-0.3, -0.25) is 4.79 Å². The average molecular weight is 305 g/mol. The fraction of sp³-hybridized carbons (Fsp3) is 0.400. The van der Waals surface area contributed by atoms with E-state index < -0.39 is 0 Å². The van der Waals surface area contributed by atoms with Gasteiger partial charge in [0.05, 0.1) is 5.75 Å². The number of hydrogen-bond acceptors (Lipinski definition) is 5. The number of rotatable bonds is 5. The summed E-state index contributed by atoms with van der Waals surface area (Å²) in [5.41, 5.74) is 3.06. The largest absolute Gasteiger partial charge is 0.416 e. The Hall–Kier alpha value is -1.82. The first-order valence-electron chi connectivity index (χ1n) is 6.79. The van der Waals surface area contributed by atoms with Crippen molar-refractivity contribution in [2.75, 3.05) is 11.1 Å². The summed E-state index contributed by atoms with van der Waals surface area (Å²) in [5, 5.41) is 11.2. The number of benzene rings is 1. The van der Waals surface area contributed by atoms with Crippen molar-refractivity contribution in [1.29, 1.82) is 0 Å². The van der Waals surface area contributed by atoms with E-state index in [0.717, 1.165) is 11.3 Å². The summed E-state index contributed by atoms with van der Waals surface area (Å²) >= 11 is 1.24. The van der Waals surface area contributed by atoms with E-state index in [1.54, 1.807) is 0 Å². The minimum absolute atomic E-state index is 0.0868. The summed E-state index contributed by atoms with van der Waals surface area (Å²) in [7, 11) is 0. The van der Waals surface area contributed by atoms with E-state index in [9.17, 15) is 4.79 Å². The molecular formula is C15H19N3O2S. The second kappa shape index (κ2) is 6.76. The van der Waals surface area contributed by atoms with E-state index in [0.29, 0.717) is 11.1 Å². The van der Waals surface area contributed by atoms with Gasteiger partial charge in [-0.1, -0.05) is 43.3 Å². The molecule has 0 atom stereocenters. The molecular weight excluding hydrogens is 286 g/mol. The highest BCUT2D eigenvalue weighted by atomic mass is 32.2. The molecule has 0 bridgehead atoms. The Labute approximate surface area is 128 Å². The lowest BCUT2D eigenvalue weighted by atomic mass is 10.1. The van der Waals surface area contributed by atoms with Crippen molar-refractivity contribution in [2.24, 2.45) is 0 Å². The second-order valence-electron chi connectivity index (χ2n) is 5.22. The molecule has 1 aromatic carbocycles. The van der Waals surface area contributed by atoms with E-state index >= 15 is 0 Å². The molecule has 21 heavy (non-hydrogen) atoms. The third-order valence-electron chi connectivity index (χ3n) is 2.90. The number of anilines is 1. The Bertz CT molecular complexity index is 638. The molecule has 2 aromatic rings. The van der Waals surface area contributed by atoms with Crippen LogP contribution >= 0.6 is 11.8 Å². The minimum Gasteiger partial charge on any atom is -0.416 e. The topological polar surface area (TPSA) is 68.0 Å². The molecule has 112 valence electrons. The number of nitrogens with zero attached hydrogens (tertiary/aromatic N) is 2. The van der Waals surface area contributed by atoms with Gasteiger partial charge in [0.15, 0.2) is 0 Å². The maximum atomic E-state index is 11.9. The molecule has 0 fully saturated rings. The molecule has 1 aromatic heterocycles. The van der Waals surface area contributed by atoms with Crippen LogP contribution in [0.1, 0.15) is 36.8 Å². The van der Waals surface area contributed by atoms with Crippen LogP contribution in [0.2, 0.25) is 0 Å². The first-order chi connectivity index (χ1) is 9.95. The van der Waals surface area contributed by atoms with Gasteiger partial charge in [0, 0.05) is 11.6 Å². The minimum atomic E-state index is -0.0868. The van der Waals surface area contributed by atoms with Crippen LogP contribution in [0.4, 0.5) is 5.69 Å². The summed E-state index contributed by atoms with van der Waals surface area (Å²) in [5.74, 6) is 0.937. The van der Waals surface area contributed by atoms with Crippen molar-refractivity contribution in [3.05, 3.63) is 35.2 Å². The van der Waals surface area contributed by atoms with E-state index in [2.05, 4.69) is 15.5 Å². The molecule has 0 spiro atoms. The highest BCUT2D eigenvalue weighted by molar-refractivity contribution is 7.99. The summed E-state index contributed by atoms with van der Waals surface area (Å²) in [6, 6.07) is 5.93. The Kier molecular flexibility index (Phi) is 5.01. The quantitative estimate of drug-likeness (QED) is 0.856. The van der Waals surface area contributed by atoms with Crippen LogP contribution in [0.15, 0.2) is 27.8 Å². The standard InChI is InChI=1S/C15H19N3O2S/c1-9(2)14-17-18-15(20-14)21-8-13(19)16-12-6-5-10(3)7-11(12)4/h5-7,9H,8H2,1-4H3,(H,16,19). The second-order valence-corrected chi connectivity index (χ2v) is 6.14. The number of carbonyl (C=O) groups excluding carboxylic acids is 1. The van der Waals surface area contributed by atoms with Gasteiger partial charge in [-0.15, -0.1) is 10.2 Å². The molecule has 1 heterocycles. The predicted molar refractivity (Wildman–Crippen MR) is 83.7 cm³/mol. The third kappa shape index (κ3) is 4.32. The molecule has 0 aliphatic carbocycles. The molecule has 1 amide bonds. The summed E-state index contributed by atoms with van der Waals surface area (Å²) in [4.78, 5) is 11.9. The first-order valence-corrected chi connectivity index (χ1v) is 7.77. The number of aryl methyl sites for hydroxylation is 2. The van der Waals surface area contributed by atoms with E-state index in [1.807, 2.05) is 45.9 Å². The van der Waals surface area contributed by atoms with Gasteiger partial charge >= 0.3 is 0 Å². The van der Waals surface area contributed by atoms with E-state index in [1.165, 1.54) is 17.3 Å². The third-order valence-corrected chi connectivity index (χ3v) is 3.72. The lowest BCUT2D eigenvalue weighted by Crippen LogP contribution is -2.14. The Morgan fingerprint density at radius 2 is 2.10 bits per heavy atom. The number of carbonyl (C=O) groups is 1. The molecule has 0 radical (unpaired) electrons. The van der Waals surface area contributed by atoms with Crippen LogP contribution in [0.3, 0.4) is 0 Å². The van der Waals surface area contributed by atoms with E-state index in [4.69, 9.17) is 4.42 Å². The lowest BCUT2D eigenvalue weighted by Gasteiger charge is -2.08. The van der Waals surface area contributed by atoms with Crippen molar-refractivity contribution in [2.45, 2.75) is 38.8 Å². The Morgan fingerprint density at radius 3 is 2.71 bits per heavy atom. The van der Waals surface area contributed by atoms with E-state index in [-0.39, 0.29) is 17.6 Å². The van der Waals surface area contributed by atoms with Crippen molar-refractivity contribution in [3.63, 3.8) is 0 Å². The first kappa shape index (κ1) is 15.6. The molecule has 0 aliphatic heterocycles. The lowest BCUT2D eigenvalue weighted by molar-refractivity contribution is -0.113.